The number of rotatable bonds is 6. The highest BCUT2D eigenvalue weighted by molar-refractivity contribution is 5.80. The zero-order valence-corrected chi connectivity index (χ0v) is 10.8. The first-order valence-corrected chi connectivity index (χ1v) is 5.79. The van der Waals surface area contributed by atoms with Gasteiger partial charge in [-0.2, -0.15) is 0 Å². The van der Waals surface area contributed by atoms with E-state index < -0.39 is 0 Å². The smallest absolute Gasteiger partial charge is 0.229 e. The van der Waals surface area contributed by atoms with Crippen LogP contribution in [0.3, 0.4) is 0 Å². The predicted molar refractivity (Wildman–Crippen MR) is 65.6 cm³/mol. The summed E-state index contributed by atoms with van der Waals surface area (Å²) in [5.41, 5.74) is 0. The fourth-order valence-electron chi connectivity index (χ4n) is 1.52. The third-order valence-electron chi connectivity index (χ3n) is 2.23. The van der Waals surface area contributed by atoms with Crippen LogP contribution in [0.1, 0.15) is 34.6 Å². The van der Waals surface area contributed by atoms with Gasteiger partial charge in [-0.15, -0.1) is 6.58 Å². The molecule has 0 saturated heterocycles. The van der Waals surface area contributed by atoms with Crippen LogP contribution in [0.5, 0.6) is 0 Å². The van der Waals surface area contributed by atoms with E-state index >= 15 is 0 Å². The first-order chi connectivity index (χ1) is 6.88. The molecule has 15 heavy (non-hydrogen) atoms. The average Bonchev–Trinajstić information content (AvgIpc) is 2.13. The van der Waals surface area contributed by atoms with Gasteiger partial charge in [-0.05, 0) is 11.8 Å². The van der Waals surface area contributed by atoms with Gasteiger partial charge in [0.2, 0.25) is 5.91 Å². The van der Waals surface area contributed by atoms with Crippen molar-refractivity contribution >= 4 is 5.91 Å². The molecule has 0 aliphatic carbocycles. The highest BCUT2D eigenvalue weighted by Gasteiger charge is 2.19. The average molecular weight is 211 g/mol. The third kappa shape index (κ3) is 5.60. The first-order valence-electron chi connectivity index (χ1n) is 5.79. The van der Waals surface area contributed by atoms with Crippen molar-refractivity contribution in [2.75, 3.05) is 13.1 Å². The van der Waals surface area contributed by atoms with Gasteiger partial charge in [-0.3, -0.25) is 4.79 Å². The zero-order valence-electron chi connectivity index (χ0n) is 10.8. The van der Waals surface area contributed by atoms with Crippen LogP contribution < -0.4 is 0 Å². The maximum Gasteiger partial charge on any atom is 0.229 e. The molecule has 0 aromatic heterocycles. The van der Waals surface area contributed by atoms with Crippen molar-refractivity contribution in [3.8, 4) is 0 Å². The summed E-state index contributed by atoms with van der Waals surface area (Å²) in [4.78, 5) is 14.0. The number of hydrogen-bond acceptors (Lipinski definition) is 1. The zero-order chi connectivity index (χ0) is 12.0. The quantitative estimate of drug-likeness (QED) is 0.619. The topological polar surface area (TPSA) is 20.3 Å². The second-order valence-corrected chi connectivity index (χ2v) is 5.06. The summed E-state index contributed by atoms with van der Waals surface area (Å²) in [6.07, 6.45) is 1.72. The molecule has 0 unspecified atom stereocenters. The number of carbonyl (C=O) groups is 1. The third-order valence-corrected chi connectivity index (χ3v) is 2.23. The molecule has 0 aliphatic heterocycles. The van der Waals surface area contributed by atoms with Gasteiger partial charge in [0.1, 0.15) is 0 Å². The lowest BCUT2D eigenvalue weighted by Crippen LogP contribution is -2.39. The maximum atomic E-state index is 12.0. The molecule has 0 heterocycles. The van der Waals surface area contributed by atoms with Crippen molar-refractivity contribution in [1.82, 2.24) is 4.90 Å². The first kappa shape index (κ1) is 14.2. The van der Waals surface area contributed by atoms with E-state index in [0.717, 1.165) is 13.1 Å². The van der Waals surface area contributed by atoms with E-state index in [1.54, 1.807) is 6.08 Å². The number of nitrogens with zero attached hydrogens (tertiary/aromatic N) is 1. The normalized spacial score (nSPS) is 13.0. The van der Waals surface area contributed by atoms with Crippen molar-refractivity contribution in [3.05, 3.63) is 12.7 Å². The molecule has 0 aliphatic rings. The van der Waals surface area contributed by atoms with Crippen molar-refractivity contribution in [1.29, 1.82) is 0 Å². The van der Waals surface area contributed by atoms with Crippen LogP contribution in [0.15, 0.2) is 12.7 Å². The Morgan fingerprint density at radius 1 is 1.13 bits per heavy atom. The summed E-state index contributed by atoms with van der Waals surface area (Å²) in [7, 11) is 0. The summed E-state index contributed by atoms with van der Waals surface area (Å²) in [6.45, 7) is 15.8. The molecule has 0 radical (unpaired) electrons. The van der Waals surface area contributed by atoms with Crippen LogP contribution >= 0.6 is 0 Å². The van der Waals surface area contributed by atoms with E-state index in [-0.39, 0.29) is 11.8 Å². The van der Waals surface area contributed by atoms with E-state index in [1.807, 2.05) is 11.8 Å². The molecule has 1 amide bonds. The van der Waals surface area contributed by atoms with Crippen LogP contribution in [0.2, 0.25) is 0 Å². The molecule has 0 rings (SSSR count). The lowest BCUT2D eigenvalue weighted by Gasteiger charge is -2.28. The molecule has 2 heteroatoms. The number of amides is 1. The SMILES string of the molecule is C=C[C@@H](C)C(=O)N(CC(C)C)CC(C)C. The Morgan fingerprint density at radius 3 is 1.80 bits per heavy atom. The van der Waals surface area contributed by atoms with Crippen molar-refractivity contribution in [3.63, 3.8) is 0 Å². The van der Waals surface area contributed by atoms with Gasteiger partial charge >= 0.3 is 0 Å². The van der Waals surface area contributed by atoms with Crippen LogP contribution in [-0.4, -0.2) is 23.9 Å². The standard InChI is InChI=1S/C13H25NO/c1-7-12(6)13(15)14(8-10(2)3)9-11(4)5/h7,10-12H,1,8-9H2,2-6H3/t12-/m1/s1. The minimum absolute atomic E-state index is 0.0671. The molecule has 88 valence electrons. The summed E-state index contributed by atoms with van der Waals surface area (Å²) < 4.78 is 0. The monoisotopic (exact) mass is 211 g/mol. The number of carbonyl (C=O) groups excluding carboxylic acids is 1. The van der Waals surface area contributed by atoms with Crippen molar-refractivity contribution in [2.24, 2.45) is 17.8 Å². The van der Waals surface area contributed by atoms with Gasteiger partial charge in [0.15, 0.2) is 0 Å². The maximum absolute atomic E-state index is 12.0. The van der Waals surface area contributed by atoms with Crippen LogP contribution in [0.4, 0.5) is 0 Å². The van der Waals surface area contributed by atoms with Gasteiger partial charge < -0.3 is 4.90 Å². The highest BCUT2D eigenvalue weighted by atomic mass is 16.2. The van der Waals surface area contributed by atoms with Crippen LogP contribution in [0, 0.1) is 17.8 Å². The fourth-order valence-corrected chi connectivity index (χ4v) is 1.52. The Kier molecular flexibility index (Phi) is 6.30. The van der Waals surface area contributed by atoms with Gasteiger partial charge in [-0.1, -0.05) is 40.7 Å². The predicted octanol–water partition coefficient (Wildman–Crippen LogP) is 2.95. The molecule has 0 spiro atoms. The lowest BCUT2D eigenvalue weighted by molar-refractivity contribution is -0.134. The molecule has 0 aromatic carbocycles. The molecule has 0 N–H and O–H groups in total. The van der Waals surface area contributed by atoms with E-state index in [0.29, 0.717) is 11.8 Å². The minimum atomic E-state index is -0.0671. The van der Waals surface area contributed by atoms with Crippen LogP contribution in [-0.2, 0) is 4.79 Å². The van der Waals surface area contributed by atoms with Gasteiger partial charge in [0.05, 0.1) is 5.92 Å². The summed E-state index contributed by atoms with van der Waals surface area (Å²) in [5.74, 6) is 1.17. The van der Waals surface area contributed by atoms with Gasteiger partial charge in [0, 0.05) is 13.1 Å². The Bertz CT molecular complexity index is 199. The van der Waals surface area contributed by atoms with Crippen molar-refractivity contribution in [2.45, 2.75) is 34.6 Å². The van der Waals surface area contributed by atoms with Gasteiger partial charge in [-0.25, -0.2) is 0 Å². The summed E-state index contributed by atoms with van der Waals surface area (Å²) in [5, 5.41) is 0. The molecule has 2 nitrogen and oxygen atoms in total. The van der Waals surface area contributed by atoms with Gasteiger partial charge in [0.25, 0.3) is 0 Å². The molecule has 1 atom stereocenters. The van der Waals surface area contributed by atoms with Crippen LogP contribution in [0.25, 0.3) is 0 Å². The lowest BCUT2D eigenvalue weighted by atomic mass is 10.1. The molecular formula is C13H25NO. The summed E-state index contributed by atoms with van der Waals surface area (Å²) in [6, 6.07) is 0. The highest BCUT2D eigenvalue weighted by Crippen LogP contribution is 2.09. The fraction of sp³-hybridized carbons (Fsp3) is 0.769. The Balaban J connectivity index is 4.46. The van der Waals surface area contributed by atoms with Crippen molar-refractivity contribution < 1.29 is 4.79 Å². The van der Waals surface area contributed by atoms with E-state index in [9.17, 15) is 4.79 Å². The molecule has 0 saturated carbocycles. The minimum Gasteiger partial charge on any atom is -0.342 e. The Morgan fingerprint density at radius 2 is 1.53 bits per heavy atom. The summed E-state index contributed by atoms with van der Waals surface area (Å²) >= 11 is 0. The van der Waals surface area contributed by atoms with E-state index in [1.165, 1.54) is 0 Å². The molecule has 0 bridgehead atoms. The number of hydrogen-bond donors (Lipinski definition) is 0. The molecule has 0 aromatic rings. The van der Waals surface area contributed by atoms with E-state index in [2.05, 4.69) is 34.3 Å². The van der Waals surface area contributed by atoms with E-state index in [4.69, 9.17) is 0 Å². The molecular weight excluding hydrogens is 186 g/mol. The second kappa shape index (κ2) is 6.65. The molecule has 0 fully saturated rings. The Hall–Kier alpha value is -0.790. The Labute approximate surface area is 94.4 Å². The second-order valence-electron chi connectivity index (χ2n) is 5.06. The largest absolute Gasteiger partial charge is 0.342 e.